The lowest BCUT2D eigenvalue weighted by molar-refractivity contribution is 0.0599. The lowest BCUT2D eigenvalue weighted by Gasteiger charge is -2.10. The monoisotopic (exact) mass is 238 g/mol. The van der Waals surface area contributed by atoms with Gasteiger partial charge in [-0.2, -0.15) is 0 Å². The molecule has 0 bridgehead atoms. The number of benzene rings is 1. The molecule has 16 heavy (non-hydrogen) atoms. The Morgan fingerprint density at radius 3 is 3.00 bits per heavy atom. The molecular weight excluding hydrogens is 224 g/mol. The van der Waals surface area contributed by atoms with Gasteiger partial charge >= 0.3 is 5.97 Å². The normalized spacial score (nSPS) is 18.3. The Bertz CT molecular complexity index is 429. The number of methoxy groups -OCH3 is 1. The highest BCUT2D eigenvalue weighted by molar-refractivity contribution is 7.99. The Labute approximate surface area is 98.8 Å². The van der Waals surface area contributed by atoms with E-state index in [2.05, 4.69) is 0 Å². The molecule has 1 heterocycles. The second kappa shape index (κ2) is 4.47. The van der Waals surface area contributed by atoms with Gasteiger partial charge in [0.15, 0.2) is 0 Å². The van der Waals surface area contributed by atoms with Crippen LogP contribution < -0.4 is 0 Å². The first kappa shape index (κ1) is 11.5. The van der Waals surface area contributed by atoms with Crippen molar-refractivity contribution in [3.8, 4) is 0 Å². The molecule has 86 valence electrons. The Kier molecular flexibility index (Phi) is 3.21. The van der Waals surface area contributed by atoms with Crippen molar-refractivity contribution in [1.82, 2.24) is 0 Å². The van der Waals surface area contributed by atoms with Crippen molar-refractivity contribution in [2.24, 2.45) is 0 Å². The molecule has 0 saturated heterocycles. The van der Waals surface area contributed by atoms with E-state index in [1.807, 2.05) is 19.1 Å². The maximum atomic E-state index is 11.6. The van der Waals surface area contributed by atoms with Crippen molar-refractivity contribution in [2.45, 2.75) is 24.3 Å². The number of rotatable bonds is 2. The lowest BCUT2D eigenvalue weighted by atomic mass is 10.00. The molecule has 1 aliphatic rings. The third-order valence-corrected chi connectivity index (χ3v) is 3.92. The van der Waals surface area contributed by atoms with Gasteiger partial charge in [0, 0.05) is 10.6 Å². The molecule has 0 amide bonds. The summed E-state index contributed by atoms with van der Waals surface area (Å²) in [5, 5.41) is 9.75. The van der Waals surface area contributed by atoms with E-state index in [1.165, 1.54) is 7.11 Å². The molecule has 0 fully saturated rings. The number of ether oxygens (including phenoxy) is 1. The van der Waals surface area contributed by atoms with Crippen molar-refractivity contribution in [3.05, 3.63) is 28.8 Å². The van der Waals surface area contributed by atoms with Crippen LogP contribution in [-0.2, 0) is 11.2 Å². The van der Waals surface area contributed by atoms with E-state index in [9.17, 15) is 9.90 Å². The van der Waals surface area contributed by atoms with E-state index in [0.717, 1.165) is 22.4 Å². The number of aliphatic hydroxyl groups is 1. The third kappa shape index (κ3) is 1.83. The molecule has 1 aliphatic heterocycles. The van der Waals surface area contributed by atoms with E-state index in [-0.39, 0.29) is 5.97 Å². The molecule has 1 aromatic carbocycles. The summed E-state index contributed by atoms with van der Waals surface area (Å²) >= 11 is 1.58. The van der Waals surface area contributed by atoms with Gasteiger partial charge in [-0.25, -0.2) is 4.79 Å². The van der Waals surface area contributed by atoms with E-state index in [1.54, 1.807) is 11.8 Å². The number of carbonyl (C=O) groups is 1. The summed E-state index contributed by atoms with van der Waals surface area (Å²) in [6.45, 7) is 1.99. The fourth-order valence-corrected chi connectivity index (χ4v) is 2.96. The zero-order valence-corrected chi connectivity index (χ0v) is 10.1. The van der Waals surface area contributed by atoms with Crippen LogP contribution in [0.4, 0.5) is 0 Å². The van der Waals surface area contributed by atoms with Crippen LogP contribution in [0.1, 0.15) is 34.5 Å². The Hall–Kier alpha value is -1.00. The van der Waals surface area contributed by atoms with Gasteiger partial charge in [0.1, 0.15) is 0 Å². The highest BCUT2D eigenvalue weighted by Gasteiger charge is 2.24. The van der Waals surface area contributed by atoms with Gasteiger partial charge in [0.25, 0.3) is 0 Å². The van der Waals surface area contributed by atoms with Crippen molar-refractivity contribution >= 4 is 17.7 Å². The van der Waals surface area contributed by atoms with Gasteiger partial charge in [-0.15, -0.1) is 11.8 Å². The number of thioether (sulfide) groups is 1. The molecule has 0 saturated carbocycles. The molecule has 0 aromatic heterocycles. The fraction of sp³-hybridized carbons (Fsp3) is 0.417. The third-order valence-electron chi connectivity index (χ3n) is 2.78. The van der Waals surface area contributed by atoms with E-state index in [4.69, 9.17) is 4.74 Å². The highest BCUT2D eigenvalue weighted by atomic mass is 32.2. The number of hydrogen-bond donors (Lipinski definition) is 1. The van der Waals surface area contributed by atoms with E-state index < -0.39 is 6.10 Å². The first-order chi connectivity index (χ1) is 7.67. The van der Waals surface area contributed by atoms with E-state index >= 15 is 0 Å². The van der Waals surface area contributed by atoms with E-state index in [0.29, 0.717) is 11.3 Å². The number of aliphatic hydroxyl groups excluding tert-OH is 1. The van der Waals surface area contributed by atoms with Crippen LogP contribution in [0.25, 0.3) is 0 Å². The Morgan fingerprint density at radius 1 is 1.62 bits per heavy atom. The number of carbonyl (C=O) groups excluding carboxylic acids is 1. The number of hydrogen-bond acceptors (Lipinski definition) is 4. The van der Waals surface area contributed by atoms with Crippen molar-refractivity contribution in [3.63, 3.8) is 0 Å². The number of esters is 1. The van der Waals surface area contributed by atoms with Crippen LogP contribution in [0.3, 0.4) is 0 Å². The summed E-state index contributed by atoms with van der Waals surface area (Å²) in [6.07, 6.45) is 0.353. The van der Waals surface area contributed by atoms with Gasteiger partial charge in [0.2, 0.25) is 0 Å². The maximum absolute atomic E-state index is 11.6. The second-order valence-corrected chi connectivity index (χ2v) is 4.78. The first-order valence-electron chi connectivity index (χ1n) is 5.23. The molecule has 1 atom stereocenters. The van der Waals surface area contributed by atoms with Crippen molar-refractivity contribution in [1.29, 1.82) is 0 Å². The largest absolute Gasteiger partial charge is 0.465 e. The first-order valence-corrected chi connectivity index (χ1v) is 6.22. The second-order valence-electron chi connectivity index (χ2n) is 3.72. The van der Waals surface area contributed by atoms with Crippen LogP contribution in [0.5, 0.6) is 0 Å². The summed E-state index contributed by atoms with van der Waals surface area (Å²) in [5.41, 5.74) is 2.49. The minimum absolute atomic E-state index is 0.304. The van der Waals surface area contributed by atoms with Gasteiger partial charge in [0.05, 0.1) is 18.8 Å². The van der Waals surface area contributed by atoms with Crippen LogP contribution >= 0.6 is 11.8 Å². The predicted molar refractivity (Wildman–Crippen MR) is 62.8 cm³/mol. The maximum Gasteiger partial charge on any atom is 0.338 e. The molecule has 3 nitrogen and oxygen atoms in total. The minimum atomic E-state index is -0.406. The lowest BCUT2D eigenvalue weighted by Crippen LogP contribution is -2.07. The van der Waals surface area contributed by atoms with Crippen molar-refractivity contribution < 1.29 is 14.6 Å². The Balaban J connectivity index is 2.51. The zero-order chi connectivity index (χ0) is 11.7. The molecule has 1 N–H and O–H groups in total. The topological polar surface area (TPSA) is 46.5 Å². The molecule has 0 spiro atoms. The minimum Gasteiger partial charge on any atom is -0.465 e. The van der Waals surface area contributed by atoms with Crippen molar-refractivity contribution in [2.75, 3.05) is 12.9 Å². The average molecular weight is 238 g/mol. The smallest absolute Gasteiger partial charge is 0.338 e. The molecule has 2 rings (SSSR count). The van der Waals surface area contributed by atoms with Crippen LogP contribution in [-0.4, -0.2) is 23.9 Å². The van der Waals surface area contributed by atoms with Crippen LogP contribution in [0.15, 0.2) is 17.0 Å². The summed E-state index contributed by atoms with van der Waals surface area (Å²) in [4.78, 5) is 12.6. The average Bonchev–Trinajstić information content (AvgIpc) is 2.68. The molecule has 4 heteroatoms. The molecule has 0 aliphatic carbocycles. The summed E-state index contributed by atoms with van der Waals surface area (Å²) in [6, 6.07) is 3.76. The summed E-state index contributed by atoms with van der Waals surface area (Å²) in [5.74, 6) is 0.366. The molecule has 1 unspecified atom stereocenters. The molecule has 0 radical (unpaired) electrons. The SMILES string of the molecule is CCc1cc2c(cc1C(=O)OC)SCC2O. The summed E-state index contributed by atoms with van der Waals surface area (Å²) < 4.78 is 4.75. The van der Waals surface area contributed by atoms with Crippen LogP contribution in [0, 0.1) is 0 Å². The fourth-order valence-electron chi connectivity index (χ4n) is 1.88. The molecule has 1 aromatic rings. The summed E-state index contributed by atoms with van der Waals surface area (Å²) in [7, 11) is 1.39. The zero-order valence-electron chi connectivity index (χ0n) is 9.32. The highest BCUT2D eigenvalue weighted by Crippen LogP contribution is 2.39. The molecular formula is C12H14O3S. The predicted octanol–water partition coefficient (Wildman–Crippen LogP) is 2.17. The van der Waals surface area contributed by atoms with Gasteiger partial charge in [-0.3, -0.25) is 0 Å². The Morgan fingerprint density at radius 2 is 2.38 bits per heavy atom. The van der Waals surface area contributed by atoms with Gasteiger partial charge in [-0.1, -0.05) is 13.0 Å². The number of aryl methyl sites for hydroxylation is 1. The van der Waals surface area contributed by atoms with Crippen LogP contribution in [0.2, 0.25) is 0 Å². The standard InChI is InChI=1S/C12H14O3S/c1-3-7-4-9-10(13)6-16-11(9)5-8(7)12(14)15-2/h4-5,10,13H,3,6H2,1-2H3. The quantitative estimate of drug-likeness (QED) is 0.802. The van der Waals surface area contributed by atoms with Gasteiger partial charge < -0.3 is 9.84 Å². The number of fused-ring (bicyclic) bond motifs is 1. The van der Waals surface area contributed by atoms with Gasteiger partial charge in [-0.05, 0) is 23.6 Å².